The number of aromatic nitrogens is 3. The zero-order valence-corrected chi connectivity index (χ0v) is 19.0. The summed E-state index contributed by atoms with van der Waals surface area (Å²) < 4.78 is 12.2. The second kappa shape index (κ2) is 8.61. The summed E-state index contributed by atoms with van der Waals surface area (Å²) in [6.45, 7) is 2.40. The van der Waals surface area contributed by atoms with Crippen molar-refractivity contribution in [1.29, 1.82) is 0 Å². The molecule has 0 aliphatic carbocycles. The van der Waals surface area contributed by atoms with Gasteiger partial charge in [0.05, 0.1) is 12.2 Å². The van der Waals surface area contributed by atoms with Gasteiger partial charge in [-0.2, -0.15) is 5.10 Å². The summed E-state index contributed by atoms with van der Waals surface area (Å²) in [5.41, 5.74) is 2.67. The molecule has 2 fully saturated rings. The predicted octanol–water partition coefficient (Wildman–Crippen LogP) is 4.64. The number of H-pyrrole nitrogens is 1. The van der Waals surface area contributed by atoms with Gasteiger partial charge in [-0.25, -0.2) is 4.98 Å². The fraction of sp³-hybridized carbons (Fsp3) is 0.346. The van der Waals surface area contributed by atoms with Crippen molar-refractivity contribution in [3.05, 3.63) is 60.6 Å². The molecule has 6 rings (SSSR count). The van der Waals surface area contributed by atoms with Crippen molar-refractivity contribution in [2.45, 2.75) is 57.3 Å². The van der Waals surface area contributed by atoms with Gasteiger partial charge < -0.3 is 14.5 Å². The Morgan fingerprint density at radius 2 is 2.03 bits per heavy atom. The number of carbonyl (C=O) groups is 1. The molecule has 2 bridgehead atoms. The second-order valence-electron chi connectivity index (χ2n) is 9.30. The fourth-order valence-corrected chi connectivity index (χ4v) is 5.46. The number of aromatic amines is 1. The fourth-order valence-electron chi connectivity index (χ4n) is 5.46. The molecule has 4 aromatic rings. The summed E-state index contributed by atoms with van der Waals surface area (Å²) in [7, 11) is 0. The van der Waals surface area contributed by atoms with Crippen LogP contribution in [0.15, 0.2) is 59.3 Å². The van der Waals surface area contributed by atoms with Gasteiger partial charge in [0, 0.05) is 60.5 Å². The van der Waals surface area contributed by atoms with Gasteiger partial charge in [0.25, 0.3) is 0 Å². The van der Waals surface area contributed by atoms with Gasteiger partial charge in [-0.05, 0) is 56.0 Å². The molecule has 0 unspecified atom stereocenters. The van der Waals surface area contributed by atoms with Crippen LogP contribution in [-0.2, 0) is 11.3 Å². The van der Waals surface area contributed by atoms with Crippen LogP contribution < -0.4 is 10.1 Å². The van der Waals surface area contributed by atoms with Crippen molar-refractivity contribution in [2.75, 3.05) is 0 Å². The number of amides is 1. The lowest BCUT2D eigenvalue weighted by molar-refractivity contribution is -0.120. The molecule has 0 saturated carbocycles. The Kier molecular flexibility index (Phi) is 5.30. The monoisotopic (exact) mass is 457 g/mol. The van der Waals surface area contributed by atoms with E-state index in [9.17, 15) is 4.79 Å². The molecule has 8 nitrogen and oxygen atoms in total. The average molecular weight is 458 g/mol. The smallest absolute Gasteiger partial charge is 0.219 e. The highest BCUT2D eigenvalue weighted by Gasteiger charge is 2.41. The van der Waals surface area contributed by atoms with Crippen molar-refractivity contribution in [3.63, 3.8) is 0 Å². The van der Waals surface area contributed by atoms with Gasteiger partial charge in [-0.15, -0.1) is 0 Å². The number of carbonyl (C=O) groups excluding carboxylic acids is 1. The molecule has 3 atom stereocenters. The molecule has 34 heavy (non-hydrogen) atoms. The van der Waals surface area contributed by atoms with Crippen molar-refractivity contribution >= 4 is 16.9 Å². The lowest BCUT2D eigenvalue weighted by Crippen LogP contribution is -2.49. The standard InChI is InChI=1S/C26H27N5O3/c1-16(32)29-19-11-20-4-5-21(12-19)31(20)15-23-10-17-2-6-22(13-25(17)33-23)34-26-7-3-18(14-27-26)24-8-9-28-30-24/h2-3,6-10,13-14,19-21H,4-5,11-12,15H2,1H3,(H,28,30)(H,29,32)/t19-,20+,21-. The van der Waals surface area contributed by atoms with Crippen molar-refractivity contribution in [2.24, 2.45) is 0 Å². The lowest BCUT2D eigenvalue weighted by Gasteiger charge is -2.38. The highest BCUT2D eigenvalue weighted by atomic mass is 16.5. The van der Waals surface area contributed by atoms with Crippen LogP contribution in [0.3, 0.4) is 0 Å². The molecule has 0 radical (unpaired) electrons. The first-order valence-corrected chi connectivity index (χ1v) is 11.8. The van der Waals surface area contributed by atoms with Crippen molar-refractivity contribution in [1.82, 2.24) is 25.4 Å². The summed E-state index contributed by atoms with van der Waals surface area (Å²) in [6.07, 6.45) is 7.87. The Morgan fingerprint density at radius 3 is 2.74 bits per heavy atom. The third-order valence-electron chi connectivity index (χ3n) is 6.94. The maximum atomic E-state index is 11.5. The Bertz CT molecular complexity index is 1280. The van der Waals surface area contributed by atoms with E-state index in [1.165, 1.54) is 12.8 Å². The number of hydrogen-bond acceptors (Lipinski definition) is 6. The molecule has 174 valence electrons. The van der Waals surface area contributed by atoms with E-state index in [4.69, 9.17) is 9.15 Å². The van der Waals surface area contributed by atoms with Crippen LogP contribution in [0.5, 0.6) is 11.6 Å². The van der Waals surface area contributed by atoms with Gasteiger partial charge >= 0.3 is 0 Å². The quantitative estimate of drug-likeness (QED) is 0.438. The normalized spacial score (nSPS) is 22.2. The van der Waals surface area contributed by atoms with Gasteiger partial charge in [0.15, 0.2) is 0 Å². The first kappa shape index (κ1) is 20.9. The molecule has 2 saturated heterocycles. The molecule has 2 aliphatic rings. The van der Waals surface area contributed by atoms with Gasteiger partial charge in [-0.1, -0.05) is 0 Å². The molecule has 1 aromatic carbocycles. The average Bonchev–Trinajstić information content (AvgIpc) is 3.53. The maximum Gasteiger partial charge on any atom is 0.219 e. The van der Waals surface area contributed by atoms with E-state index in [-0.39, 0.29) is 5.91 Å². The number of nitrogens with one attached hydrogen (secondary N) is 2. The number of furan rings is 1. The molecule has 2 aliphatic heterocycles. The summed E-state index contributed by atoms with van der Waals surface area (Å²) in [6, 6.07) is 15.0. The van der Waals surface area contributed by atoms with E-state index in [0.717, 1.165) is 47.4 Å². The number of nitrogens with zero attached hydrogens (tertiary/aromatic N) is 3. The lowest BCUT2D eigenvalue weighted by atomic mass is 9.97. The molecule has 0 spiro atoms. The Balaban J connectivity index is 1.14. The van der Waals surface area contributed by atoms with Crippen LogP contribution in [0, 0.1) is 0 Å². The van der Waals surface area contributed by atoms with E-state index >= 15 is 0 Å². The topological polar surface area (TPSA) is 96.3 Å². The van der Waals surface area contributed by atoms with Crippen molar-refractivity contribution < 1.29 is 13.9 Å². The Hall–Kier alpha value is -3.65. The number of rotatable bonds is 6. The van der Waals surface area contributed by atoms with Crippen molar-refractivity contribution in [3.8, 4) is 22.9 Å². The van der Waals surface area contributed by atoms with E-state index in [1.54, 1.807) is 19.3 Å². The summed E-state index contributed by atoms with van der Waals surface area (Å²) in [5.74, 6) is 2.24. The Morgan fingerprint density at radius 1 is 1.18 bits per heavy atom. The van der Waals surface area contributed by atoms with Crippen LogP contribution in [0.4, 0.5) is 0 Å². The van der Waals surface area contributed by atoms with E-state index < -0.39 is 0 Å². The minimum atomic E-state index is 0.0668. The maximum absolute atomic E-state index is 11.5. The molecule has 2 N–H and O–H groups in total. The molecule has 3 aromatic heterocycles. The number of fused-ring (bicyclic) bond motifs is 3. The third kappa shape index (κ3) is 4.17. The number of ether oxygens (including phenoxy) is 1. The van der Waals surface area contributed by atoms with Crippen LogP contribution in [0.2, 0.25) is 0 Å². The highest BCUT2D eigenvalue weighted by Crippen LogP contribution is 2.38. The summed E-state index contributed by atoms with van der Waals surface area (Å²) >= 11 is 0. The molecular formula is C26H27N5O3. The van der Waals surface area contributed by atoms with Gasteiger partial charge in [0.2, 0.25) is 11.8 Å². The number of hydrogen-bond donors (Lipinski definition) is 2. The molecule has 8 heteroatoms. The minimum Gasteiger partial charge on any atom is -0.460 e. The minimum absolute atomic E-state index is 0.0668. The first-order chi connectivity index (χ1) is 16.6. The van der Waals surface area contributed by atoms with Crippen LogP contribution in [-0.4, -0.2) is 44.1 Å². The molecule has 1 amide bonds. The van der Waals surface area contributed by atoms with E-state index in [0.29, 0.717) is 29.8 Å². The number of benzene rings is 1. The number of pyridine rings is 1. The molecular weight excluding hydrogens is 430 g/mol. The largest absolute Gasteiger partial charge is 0.460 e. The SMILES string of the molecule is CC(=O)N[C@H]1C[C@H]2CC[C@@H](C1)N2Cc1cc2ccc(Oc3ccc(-c4ccn[nH]4)cn3)cc2o1. The third-order valence-corrected chi connectivity index (χ3v) is 6.94. The zero-order valence-electron chi connectivity index (χ0n) is 19.0. The summed E-state index contributed by atoms with van der Waals surface area (Å²) in [4.78, 5) is 18.4. The first-order valence-electron chi connectivity index (χ1n) is 11.8. The van der Waals surface area contributed by atoms with Crippen LogP contribution >= 0.6 is 0 Å². The molecule has 5 heterocycles. The zero-order chi connectivity index (χ0) is 23.1. The van der Waals surface area contributed by atoms with E-state index in [1.807, 2.05) is 36.4 Å². The highest BCUT2D eigenvalue weighted by molar-refractivity contribution is 5.79. The summed E-state index contributed by atoms with van der Waals surface area (Å²) in [5, 5.41) is 11.1. The van der Waals surface area contributed by atoms with Gasteiger partial charge in [-0.3, -0.25) is 14.8 Å². The number of piperidine rings is 1. The van der Waals surface area contributed by atoms with Gasteiger partial charge in [0.1, 0.15) is 17.1 Å². The van der Waals surface area contributed by atoms with E-state index in [2.05, 4.69) is 31.5 Å². The predicted molar refractivity (Wildman–Crippen MR) is 127 cm³/mol. The Labute approximate surface area is 197 Å². The second-order valence-corrected chi connectivity index (χ2v) is 9.30. The van der Waals surface area contributed by atoms with Crippen LogP contribution in [0.1, 0.15) is 38.4 Å². The van der Waals surface area contributed by atoms with Crippen LogP contribution in [0.25, 0.3) is 22.2 Å².